The fourth-order valence-electron chi connectivity index (χ4n) is 1.45. The summed E-state index contributed by atoms with van der Waals surface area (Å²) in [6.07, 6.45) is 1.09. The molecule has 0 saturated carbocycles. The monoisotopic (exact) mass is 207 g/mol. The predicted molar refractivity (Wildman–Crippen MR) is 64.0 cm³/mol. The van der Waals surface area contributed by atoms with Gasteiger partial charge >= 0.3 is 0 Å². The van der Waals surface area contributed by atoms with Gasteiger partial charge in [0.05, 0.1) is 6.61 Å². The summed E-state index contributed by atoms with van der Waals surface area (Å²) in [6, 6.07) is 10.9. The van der Waals surface area contributed by atoms with Crippen LogP contribution in [-0.4, -0.2) is 19.8 Å². The van der Waals surface area contributed by atoms with Crippen LogP contribution in [0.25, 0.3) is 0 Å². The second kappa shape index (κ2) is 7.43. The molecule has 0 amide bonds. The van der Waals surface area contributed by atoms with Gasteiger partial charge in [0.25, 0.3) is 0 Å². The first-order valence-corrected chi connectivity index (χ1v) is 5.70. The minimum absolute atomic E-state index is 0.399. The number of benzene rings is 1. The highest BCUT2D eigenvalue weighted by molar-refractivity contribution is 5.17. The molecule has 1 rings (SSSR count). The molecule has 1 aromatic carbocycles. The highest BCUT2D eigenvalue weighted by atomic mass is 16.5. The van der Waals surface area contributed by atoms with Crippen LogP contribution in [0.5, 0.6) is 0 Å². The van der Waals surface area contributed by atoms with Gasteiger partial charge in [-0.1, -0.05) is 37.3 Å². The van der Waals surface area contributed by atoms with Crippen LogP contribution in [0.2, 0.25) is 0 Å². The van der Waals surface area contributed by atoms with Gasteiger partial charge in [0.2, 0.25) is 0 Å². The molecular formula is C13H21NO. The second-order valence-corrected chi connectivity index (χ2v) is 3.70. The van der Waals surface area contributed by atoms with Gasteiger partial charge in [-0.25, -0.2) is 0 Å². The van der Waals surface area contributed by atoms with E-state index in [1.807, 2.05) is 6.07 Å². The lowest BCUT2D eigenvalue weighted by Gasteiger charge is -2.13. The molecule has 0 bridgehead atoms. The van der Waals surface area contributed by atoms with Crippen molar-refractivity contribution in [3.05, 3.63) is 35.9 Å². The van der Waals surface area contributed by atoms with E-state index in [4.69, 9.17) is 4.74 Å². The first-order valence-electron chi connectivity index (χ1n) is 5.70. The Labute approximate surface area is 92.6 Å². The Morgan fingerprint density at radius 2 is 1.93 bits per heavy atom. The molecule has 1 atom stereocenters. The Balaban J connectivity index is 2.16. The van der Waals surface area contributed by atoms with Crippen LogP contribution < -0.4 is 5.32 Å². The molecule has 0 aromatic heterocycles. The second-order valence-electron chi connectivity index (χ2n) is 3.70. The van der Waals surface area contributed by atoms with Crippen LogP contribution in [0.15, 0.2) is 30.3 Å². The summed E-state index contributed by atoms with van der Waals surface area (Å²) in [5.74, 6) is 0. The Morgan fingerprint density at radius 1 is 1.20 bits per heavy atom. The third kappa shape index (κ3) is 4.96. The molecule has 0 unspecified atom stereocenters. The van der Waals surface area contributed by atoms with E-state index in [-0.39, 0.29) is 0 Å². The molecule has 1 aromatic rings. The molecule has 0 spiro atoms. The molecule has 0 saturated heterocycles. The predicted octanol–water partition coefficient (Wildman–Crippen LogP) is 2.76. The molecule has 0 fully saturated rings. The SMILES string of the molecule is CCCOCCN[C@H](C)c1ccccc1. The van der Waals surface area contributed by atoms with E-state index in [0.717, 1.165) is 26.2 Å². The average Bonchev–Trinajstić information content (AvgIpc) is 2.30. The fourth-order valence-corrected chi connectivity index (χ4v) is 1.45. The van der Waals surface area contributed by atoms with Gasteiger partial charge in [0, 0.05) is 19.2 Å². The molecular weight excluding hydrogens is 186 g/mol. The minimum atomic E-state index is 0.399. The zero-order chi connectivity index (χ0) is 10.9. The average molecular weight is 207 g/mol. The van der Waals surface area contributed by atoms with Crippen LogP contribution in [0, 0.1) is 0 Å². The van der Waals surface area contributed by atoms with Crippen LogP contribution >= 0.6 is 0 Å². The van der Waals surface area contributed by atoms with Gasteiger partial charge in [0.1, 0.15) is 0 Å². The van der Waals surface area contributed by atoms with Gasteiger partial charge in [-0.2, -0.15) is 0 Å². The zero-order valence-corrected chi connectivity index (χ0v) is 9.70. The standard InChI is InChI=1S/C13H21NO/c1-3-10-15-11-9-14-12(2)13-7-5-4-6-8-13/h4-8,12,14H,3,9-11H2,1-2H3/t12-/m1/s1. The summed E-state index contributed by atoms with van der Waals surface area (Å²) in [7, 11) is 0. The maximum absolute atomic E-state index is 5.41. The first kappa shape index (κ1) is 12.2. The molecule has 0 aliphatic heterocycles. The highest BCUT2D eigenvalue weighted by Crippen LogP contribution is 2.10. The van der Waals surface area contributed by atoms with Crippen molar-refractivity contribution < 1.29 is 4.74 Å². The van der Waals surface area contributed by atoms with E-state index in [1.54, 1.807) is 0 Å². The third-order valence-electron chi connectivity index (χ3n) is 2.34. The molecule has 0 heterocycles. The Morgan fingerprint density at radius 3 is 2.60 bits per heavy atom. The Bertz CT molecular complexity index is 248. The van der Waals surface area contributed by atoms with Crippen LogP contribution in [0.3, 0.4) is 0 Å². The number of hydrogen-bond acceptors (Lipinski definition) is 2. The summed E-state index contributed by atoms with van der Waals surface area (Å²) in [5, 5.41) is 3.43. The quantitative estimate of drug-likeness (QED) is 0.694. The summed E-state index contributed by atoms with van der Waals surface area (Å²) in [4.78, 5) is 0. The maximum atomic E-state index is 5.41. The summed E-state index contributed by atoms with van der Waals surface area (Å²) in [5.41, 5.74) is 1.33. The molecule has 0 radical (unpaired) electrons. The van der Waals surface area contributed by atoms with Crippen molar-refractivity contribution in [1.29, 1.82) is 0 Å². The van der Waals surface area contributed by atoms with Crippen molar-refractivity contribution in [3.63, 3.8) is 0 Å². The highest BCUT2D eigenvalue weighted by Gasteiger charge is 2.02. The normalized spacial score (nSPS) is 12.7. The summed E-state index contributed by atoms with van der Waals surface area (Å²) in [6.45, 7) is 6.87. The molecule has 2 heteroatoms. The largest absolute Gasteiger partial charge is 0.380 e. The maximum Gasteiger partial charge on any atom is 0.0591 e. The van der Waals surface area contributed by atoms with E-state index in [9.17, 15) is 0 Å². The molecule has 15 heavy (non-hydrogen) atoms. The third-order valence-corrected chi connectivity index (χ3v) is 2.34. The lowest BCUT2D eigenvalue weighted by molar-refractivity contribution is 0.135. The van der Waals surface area contributed by atoms with E-state index in [1.165, 1.54) is 5.56 Å². The van der Waals surface area contributed by atoms with Gasteiger partial charge in [0.15, 0.2) is 0 Å². The summed E-state index contributed by atoms with van der Waals surface area (Å²) < 4.78 is 5.41. The van der Waals surface area contributed by atoms with Crippen LogP contribution in [0.4, 0.5) is 0 Å². The molecule has 1 N–H and O–H groups in total. The topological polar surface area (TPSA) is 21.3 Å². The summed E-state index contributed by atoms with van der Waals surface area (Å²) >= 11 is 0. The van der Waals surface area contributed by atoms with Crippen LogP contribution in [0.1, 0.15) is 31.9 Å². The molecule has 84 valence electrons. The molecule has 2 nitrogen and oxygen atoms in total. The van der Waals surface area contributed by atoms with E-state index in [2.05, 4.69) is 43.4 Å². The fraction of sp³-hybridized carbons (Fsp3) is 0.538. The smallest absolute Gasteiger partial charge is 0.0591 e. The number of ether oxygens (including phenoxy) is 1. The van der Waals surface area contributed by atoms with E-state index in [0.29, 0.717) is 6.04 Å². The number of nitrogens with one attached hydrogen (secondary N) is 1. The molecule has 0 aliphatic rings. The van der Waals surface area contributed by atoms with Gasteiger partial charge < -0.3 is 10.1 Å². The lowest BCUT2D eigenvalue weighted by atomic mass is 10.1. The lowest BCUT2D eigenvalue weighted by Crippen LogP contribution is -2.23. The van der Waals surface area contributed by atoms with Crippen molar-refractivity contribution in [2.75, 3.05) is 19.8 Å². The zero-order valence-electron chi connectivity index (χ0n) is 9.70. The van der Waals surface area contributed by atoms with Gasteiger partial charge in [-0.3, -0.25) is 0 Å². The first-order chi connectivity index (χ1) is 7.34. The van der Waals surface area contributed by atoms with Crippen LogP contribution in [-0.2, 0) is 4.74 Å². The number of rotatable bonds is 7. The number of hydrogen-bond donors (Lipinski definition) is 1. The van der Waals surface area contributed by atoms with Crippen molar-refractivity contribution in [2.45, 2.75) is 26.3 Å². The molecule has 0 aliphatic carbocycles. The minimum Gasteiger partial charge on any atom is -0.380 e. The van der Waals surface area contributed by atoms with Crippen molar-refractivity contribution in [2.24, 2.45) is 0 Å². The Hall–Kier alpha value is -0.860. The Kier molecular flexibility index (Phi) is 6.05. The van der Waals surface area contributed by atoms with Crippen molar-refractivity contribution in [3.8, 4) is 0 Å². The van der Waals surface area contributed by atoms with E-state index < -0.39 is 0 Å². The van der Waals surface area contributed by atoms with Gasteiger partial charge in [-0.15, -0.1) is 0 Å². The van der Waals surface area contributed by atoms with Crippen molar-refractivity contribution >= 4 is 0 Å². The van der Waals surface area contributed by atoms with Crippen molar-refractivity contribution in [1.82, 2.24) is 5.32 Å². The van der Waals surface area contributed by atoms with Gasteiger partial charge in [-0.05, 0) is 18.9 Å². The van der Waals surface area contributed by atoms with E-state index >= 15 is 0 Å².